The van der Waals surface area contributed by atoms with Gasteiger partial charge in [0.1, 0.15) is 5.82 Å². The van der Waals surface area contributed by atoms with Crippen LogP contribution >= 0.6 is 0 Å². The minimum Gasteiger partial charge on any atom is -0.384 e. The third kappa shape index (κ3) is 3.33. The van der Waals surface area contributed by atoms with Crippen molar-refractivity contribution in [3.8, 4) is 0 Å². The van der Waals surface area contributed by atoms with Crippen LogP contribution in [-0.2, 0) is 0 Å². The lowest BCUT2D eigenvalue weighted by atomic mass is 9.96. The van der Waals surface area contributed by atoms with Crippen molar-refractivity contribution in [2.75, 3.05) is 44.4 Å². The van der Waals surface area contributed by atoms with Crippen LogP contribution < -0.4 is 10.6 Å². The zero-order chi connectivity index (χ0) is 12.3. The maximum absolute atomic E-state index is 5.70. The molecule has 0 unspecified atom stereocenters. The standard InChI is InChI=1S/C13H22N4/c1-16-7-4-11(5-8-16)10-17(2)12-3-6-15-13(14)9-12/h3,6,9,11H,4-5,7-8,10H2,1-2H3,(H2,14,15). The van der Waals surface area contributed by atoms with Crippen LogP contribution in [0.3, 0.4) is 0 Å². The SMILES string of the molecule is CN1CCC(CN(C)c2ccnc(N)c2)CC1. The Bertz CT molecular complexity index is 358. The molecule has 0 amide bonds. The lowest BCUT2D eigenvalue weighted by Crippen LogP contribution is -2.35. The number of rotatable bonds is 3. The van der Waals surface area contributed by atoms with Crippen LogP contribution in [0.2, 0.25) is 0 Å². The summed E-state index contributed by atoms with van der Waals surface area (Å²) in [6.45, 7) is 3.55. The van der Waals surface area contributed by atoms with Gasteiger partial charge in [-0.25, -0.2) is 4.98 Å². The van der Waals surface area contributed by atoms with Gasteiger partial charge < -0.3 is 15.5 Å². The monoisotopic (exact) mass is 234 g/mol. The second-order valence-electron chi connectivity index (χ2n) is 5.07. The molecule has 2 N–H and O–H groups in total. The third-order valence-electron chi connectivity index (χ3n) is 3.58. The summed E-state index contributed by atoms with van der Waals surface area (Å²) in [4.78, 5) is 8.71. The second-order valence-corrected chi connectivity index (χ2v) is 5.07. The maximum Gasteiger partial charge on any atom is 0.125 e. The Hall–Kier alpha value is -1.29. The van der Waals surface area contributed by atoms with Gasteiger partial charge in [0.25, 0.3) is 0 Å². The largest absolute Gasteiger partial charge is 0.384 e. The lowest BCUT2D eigenvalue weighted by Gasteiger charge is -2.32. The Morgan fingerprint density at radius 1 is 1.47 bits per heavy atom. The van der Waals surface area contributed by atoms with E-state index >= 15 is 0 Å². The molecule has 0 radical (unpaired) electrons. The molecule has 2 rings (SSSR count). The Morgan fingerprint density at radius 3 is 2.82 bits per heavy atom. The number of pyridine rings is 1. The van der Waals surface area contributed by atoms with Gasteiger partial charge in [-0.2, -0.15) is 0 Å². The van der Waals surface area contributed by atoms with Gasteiger partial charge in [0.05, 0.1) is 0 Å². The molecular formula is C13H22N4. The molecule has 2 heterocycles. The number of likely N-dealkylation sites (tertiary alicyclic amines) is 1. The number of nitrogens with two attached hydrogens (primary N) is 1. The summed E-state index contributed by atoms with van der Waals surface area (Å²) < 4.78 is 0. The topological polar surface area (TPSA) is 45.4 Å². The Kier molecular flexibility index (Phi) is 3.84. The van der Waals surface area contributed by atoms with E-state index in [0.717, 1.165) is 18.2 Å². The van der Waals surface area contributed by atoms with Crippen molar-refractivity contribution in [2.24, 2.45) is 5.92 Å². The number of nitrogen functional groups attached to an aromatic ring is 1. The zero-order valence-electron chi connectivity index (χ0n) is 10.8. The molecular weight excluding hydrogens is 212 g/mol. The number of piperidine rings is 1. The second kappa shape index (κ2) is 5.36. The number of hydrogen-bond donors (Lipinski definition) is 1. The highest BCUT2D eigenvalue weighted by Crippen LogP contribution is 2.21. The number of hydrogen-bond acceptors (Lipinski definition) is 4. The Labute approximate surface area is 103 Å². The zero-order valence-corrected chi connectivity index (χ0v) is 10.8. The van der Waals surface area contributed by atoms with Crippen molar-refractivity contribution in [2.45, 2.75) is 12.8 Å². The summed E-state index contributed by atoms with van der Waals surface area (Å²) in [6.07, 6.45) is 4.36. The molecule has 1 aliphatic heterocycles. The summed E-state index contributed by atoms with van der Waals surface area (Å²) in [7, 11) is 4.33. The van der Waals surface area contributed by atoms with Crippen molar-refractivity contribution in [3.05, 3.63) is 18.3 Å². The molecule has 1 saturated heterocycles. The molecule has 1 fully saturated rings. The van der Waals surface area contributed by atoms with Crippen LogP contribution in [-0.4, -0.2) is 43.6 Å². The van der Waals surface area contributed by atoms with E-state index in [0.29, 0.717) is 5.82 Å². The summed E-state index contributed by atoms with van der Waals surface area (Å²) in [5, 5.41) is 0. The van der Waals surface area contributed by atoms with Gasteiger partial charge in [0.15, 0.2) is 0 Å². The smallest absolute Gasteiger partial charge is 0.125 e. The summed E-state index contributed by atoms with van der Waals surface area (Å²) in [6, 6.07) is 3.96. The third-order valence-corrected chi connectivity index (χ3v) is 3.58. The molecule has 94 valence electrons. The number of nitrogens with zero attached hydrogens (tertiary/aromatic N) is 3. The van der Waals surface area contributed by atoms with Crippen molar-refractivity contribution >= 4 is 11.5 Å². The van der Waals surface area contributed by atoms with Crippen LogP contribution in [0.15, 0.2) is 18.3 Å². The molecule has 1 aliphatic rings. The van der Waals surface area contributed by atoms with Crippen molar-refractivity contribution in [1.82, 2.24) is 9.88 Å². The molecule has 17 heavy (non-hydrogen) atoms. The van der Waals surface area contributed by atoms with Gasteiger partial charge in [-0.05, 0) is 45.0 Å². The first-order chi connectivity index (χ1) is 8.15. The molecule has 1 aromatic rings. The highest BCUT2D eigenvalue weighted by molar-refractivity contribution is 5.51. The van der Waals surface area contributed by atoms with E-state index in [1.54, 1.807) is 6.20 Å². The van der Waals surface area contributed by atoms with Gasteiger partial charge >= 0.3 is 0 Å². The summed E-state index contributed by atoms with van der Waals surface area (Å²) >= 11 is 0. The maximum atomic E-state index is 5.70. The molecule has 0 atom stereocenters. The van der Waals surface area contributed by atoms with E-state index < -0.39 is 0 Å². The first-order valence-electron chi connectivity index (χ1n) is 6.26. The molecule has 0 aliphatic carbocycles. The first-order valence-corrected chi connectivity index (χ1v) is 6.26. The Balaban J connectivity index is 1.90. The van der Waals surface area contributed by atoms with Gasteiger partial charge in [0, 0.05) is 31.5 Å². The fraction of sp³-hybridized carbons (Fsp3) is 0.615. The molecule has 0 bridgehead atoms. The lowest BCUT2D eigenvalue weighted by molar-refractivity contribution is 0.222. The molecule has 4 heteroatoms. The average Bonchev–Trinajstić information content (AvgIpc) is 2.32. The van der Waals surface area contributed by atoms with Crippen LogP contribution in [0.1, 0.15) is 12.8 Å². The van der Waals surface area contributed by atoms with Crippen molar-refractivity contribution in [3.63, 3.8) is 0 Å². The quantitative estimate of drug-likeness (QED) is 0.859. The van der Waals surface area contributed by atoms with E-state index in [1.807, 2.05) is 12.1 Å². The first kappa shape index (κ1) is 12.2. The predicted octanol–water partition coefficient (Wildman–Crippen LogP) is 1.44. The fourth-order valence-electron chi connectivity index (χ4n) is 2.41. The molecule has 4 nitrogen and oxygen atoms in total. The molecule has 0 spiro atoms. The number of aromatic nitrogens is 1. The van der Waals surface area contributed by atoms with Gasteiger partial charge in [-0.1, -0.05) is 0 Å². The summed E-state index contributed by atoms with van der Waals surface area (Å²) in [5.41, 5.74) is 6.87. The van der Waals surface area contributed by atoms with E-state index in [1.165, 1.54) is 25.9 Å². The van der Waals surface area contributed by atoms with E-state index in [4.69, 9.17) is 5.73 Å². The van der Waals surface area contributed by atoms with Crippen LogP contribution in [0.25, 0.3) is 0 Å². The van der Waals surface area contributed by atoms with E-state index in [9.17, 15) is 0 Å². The molecule has 1 aromatic heterocycles. The predicted molar refractivity (Wildman–Crippen MR) is 72.1 cm³/mol. The highest BCUT2D eigenvalue weighted by atomic mass is 15.1. The normalized spacial score (nSPS) is 18.2. The van der Waals surface area contributed by atoms with Crippen molar-refractivity contribution < 1.29 is 0 Å². The van der Waals surface area contributed by atoms with E-state index in [2.05, 4.69) is 28.9 Å². The minimum absolute atomic E-state index is 0.595. The fourth-order valence-corrected chi connectivity index (χ4v) is 2.41. The van der Waals surface area contributed by atoms with Crippen LogP contribution in [0.5, 0.6) is 0 Å². The highest BCUT2D eigenvalue weighted by Gasteiger charge is 2.18. The van der Waals surface area contributed by atoms with Gasteiger partial charge in [0.2, 0.25) is 0 Å². The Morgan fingerprint density at radius 2 is 2.18 bits per heavy atom. The summed E-state index contributed by atoms with van der Waals surface area (Å²) in [5.74, 6) is 1.39. The number of anilines is 2. The van der Waals surface area contributed by atoms with Crippen LogP contribution in [0, 0.1) is 5.92 Å². The molecule has 0 saturated carbocycles. The van der Waals surface area contributed by atoms with Gasteiger partial charge in [-0.15, -0.1) is 0 Å². The van der Waals surface area contributed by atoms with Gasteiger partial charge in [-0.3, -0.25) is 0 Å². The average molecular weight is 234 g/mol. The minimum atomic E-state index is 0.595. The van der Waals surface area contributed by atoms with E-state index in [-0.39, 0.29) is 0 Å². The van der Waals surface area contributed by atoms with Crippen LogP contribution in [0.4, 0.5) is 11.5 Å². The van der Waals surface area contributed by atoms with Crippen molar-refractivity contribution in [1.29, 1.82) is 0 Å². The molecule has 0 aromatic carbocycles.